The van der Waals surface area contributed by atoms with Gasteiger partial charge in [0, 0.05) is 0 Å². The van der Waals surface area contributed by atoms with Crippen molar-refractivity contribution in [1.82, 2.24) is 0 Å². The molecule has 182 valence electrons. The van der Waals surface area contributed by atoms with Crippen LogP contribution in [0.15, 0.2) is 84.9 Å². The fourth-order valence-corrected chi connectivity index (χ4v) is 5.45. The van der Waals surface area contributed by atoms with Crippen LogP contribution in [0.25, 0.3) is 33.4 Å². The molecule has 3 nitrogen and oxygen atoms in total. The number of carboxylic acids is 1. The number of aromatic carboxylic acids is 1. The van der Waals surface area contributed by atoms with Gasteiger partial charge in [-0.25, -0.2) is 4.79 Å². The van der Waals surface area contributed by atoms with Crippen molar-refractivity contribution in [3.05, 3.63) is 102 Å². The highest BCUT2D eigenvalue weighted by Crippen LogP contribution is 2.47. The van der Waals surface area contributed by atoms with Gasteiger partial charge < -0.3 is 10.2 Å². The minimum absolute atomic E-state index is 0.0936. The number of aromatic hydroxyl groups is 1. The fraction of sp³-hybridized carbons (Fsp3) is 0.242. The Morgan fingerprint density at radius 2 is 1.25 bits per heavy atom. The average molecular weight is 477 g/mol. The van der Waals surface area contributed by atoms with E-state index in [9.17, 15) is 15.0 Å². The summed E-state index contributed by atoms with van der Waals surface area (Å²) in [4.78, 5) is 11.3. The summed E-state index contributed by atoms with van der Waals surface area (Å²) in [5.41, 5.74) is 9.53. The monoisotopic (exact) mass is 476 g/mol. The molecule has 3 heteroatoms. The van der Waals surface area contributed by atoms with E-state index in [2.05, 4.69) is 64.1 Å². The topological polar surface area (TPSA) is 57.5 Å². The van der Waals surface area contributed by atoms with E-state index in [1.54, 1.807) is 24.3 Å². The number of carbonyl (C=O) groups is 1. The Morgan fingerprint density at radius 1 is 0.639 bits per heavy atom. The molecule has 0 fully saturated rings. The highest BCUT2D eigenvalue weighted by molar-refractivity contribution is 5.90. The molecule has 0 unspecified atom stereocenters. The summed E-state index contributed by atoms with van der Waals surface area (Å²) >= 11 is 0. The molecular formula is C33H32O3. The Bertz CT molecular complexity index is 1460. The van der Waals surface area contributed by atoms with Crippen LogP contribution in [0.3, 0.4) is 0 Å². The second kappa shape index (κ2) is 8.67. The van der Waals surface area contributed by atoms with Gasteiger partial charge in [0.1, 0.15) is 5.75 Å². The number of phenolic OH excluding ortho intramolecular Hbond substituents is 1. The van der Waals surface area contributed by atoms with Gasteiger partial charge in [0.15, 0.2) is 0 Å². The smallest absolute Gasteiger partial charge is 0.335 e. The number of fused-ring (bicyclic) bond motifs is 1. The van der Waals surface area contributed by atoms with Crippen LogP contribution >= 0.6 is 0 Å². The minimum Gasteiger partial charge on any atom is -0.508 e. The summed E-state index contributed by atoms with van der Waals surface area (Å²) in [6.07, 6.45) is 2.31. The van der Waals surface area contributed by atoms with Gasteiger partial charge in [-0.05, 0) is 98.5 Å². The second-order valence-corrected chi connectivity index (χ2v) is 11.2. The zero-order valence-electron chi connectivity index (χ0n) is 21.3. The van der Waals surface area contributed by atoms with Crippen molar-refractivity contribution in [2.45, 2.75) is 51.4 Å². The third-order valence-electron chi connectivity index (χ3n) is 7.81. The Kier molecular flexibility index (Phi) is 5.75. The van der Waals surface area contributed by atoms with Gasteiger partial charge in [0.2, 0.25) is 0 Å². The molecule has 36 heavy (non-hydrogen) atoms. The van der Waals surface area contributed by atoms with Gasteiger partial charge in [0.05, 0.1) is 5.56 Å². The van der Waals surface area contributed by atoms with Crippen LogP contribution in [0, 0.1) is 0 Å². The van der Waals surface area contributed by atoms with Crippen molar-refractivity contribution in [2.75, 3.05) is 0 Å². The van der Waals surface area contributed by atoms with E-state index in [0.29, 0.717) is 0 Å². The van der Waals surface area contributed by atoms with Crippen LogP contribution in [0.1, 0.15) is 62.0 Å². The van der Waals surface area contributed by atoms with Gasteiger partial charge >= 0.3 is 5.97 Å². The van der Waals surface area contributed by atoms with E-state index in [0.717, 1.165) is 39.8 Å². The lowest BCUT2D eigenvalue weighted by molar-refractivity contribution is 0.0697. The zero-order valence-corrected chi connectivity index (χ0v) is 21.3. The van der Waals surface area contributed by atoms with Gasteiger partial charge in [-0.1, -0.05) is 82.3 Å². The Labute approximate surface area is 213 Å². The van der Waals surface area contributed by atoms with Crippen molar-refractivity contribution in [3.8, 4) is 39.1 Å². The molecule has 1 aliphatic rings. The van der Waals surface area contributed by atoms with Gasteiger partial charge in [-0.15, -0.1) is 0 Å². The van der Waals surface area contributed by atoms with Gasteiger partial charge in [-0.3, -0.25) is 0 Å². The maximum absolute atomic E-state index is 11.3. The van der Waals surface area contributed by atoms with E-state index in [1.807, 2.05) is 24.3 Å². The molecule has 0 aromatic heterocycles. The molecule has 0 amide bonds. The van der Waals surface area contributed by atoms with Crippen LogP contribution in [0.5, 0.6) is 5.75 Å². The highest BCUT2D eigenvalue weighted by atomic mass is 16.4. The highest BCUT2D eigenvalue weighted by Gasteiger charge is 2.37. The number of phenols is 1. The number of rotatable bonds is 4. The van der Waals surface area contributed by atoms with E-state index >= 15 is 0 Å². The summed E-state index contributed by atoms with van der Waals surface area (Å²) in [5, 5.41) is 19.5. The van der Waals surface area contributed by atoms with E-state index in [-0.39, 0.29) is 22.1 Å². The first-order valence-electron chi connectivity index (χ1n) is 12.5. The van der Waals surface area contributed by atoms with Crippen LogP contribution < -0.4 is 0 Å². The van der Waals surface area contributed by atoms with Crippen molar-refractivity contribution in [3.63, 3.8) is 0 Å². The minimum atomic E-state index is -0.930. The van der Waals surface area contributed by atoms with Crippen molar-refractivity contribution in [1.29, 1.82) is 0 Å². The van der Waals surface area contributed by atoms with Crippen molar-refractivity contribution in [2.24, 2.45) is 0 Å². The van der Waals surface area contributed by atoms with Crippen molar-refractivity contribution >= 4 is 5.97 Å². The molecule has 0 bridgehead atoms. The molecule has 2 N–H and O–H groups in total. The first kappa shape index (κ1) is 23.9. The quantitative estimate of drug-likeness (QED) is 0.311. The van der Waals surface area contributed by atoms with Crippen molar-refractivity contribution < 1.29 is 15.0 Å². The fourth-order valence-electron chi connectivity index (χ4n) is 5.45. The number of carboxylic acid groups (broad SMARTS) is 1. The van der Waals surface area contributed by atoms with E-state index in [4.69, 9.17) is 0 Å². The Balaban J connectivity index is 1.71. The van der Waals surface area contributed by atoms with E-state index < -0.39 is 5.97 Å². The van der Waals surface area contributed by atoms with Crippen LogP contribution in [0.2, 0.25) is 0 Å². The molecule has 0 aliphatic heterocycles. The largest absolute Gasteiger partial charge is 0.508 e. The normalized spacial score (nSPS) is 15.8. The lowest BCUT2D eigenvalue weighted by Crippen LogP contribution is -2.33. The molecule has 1 aliphatic carbocycles. The van der Waals surface area contributed by atoms with Crippen LogP contribution in [-0.4, -0.2) is 16.2 Å². The third-order valence-corrected chi connectivity index (χ3v) is 7.81. The predicted molar refractivity (Wildman–Crippen MR) is 147 cm³/mol. The zero-order chi connectivity index (χ0) is 25.7. The SMILES string of the molecule is CC1(C)CCC(C)(C)c2cc(-c3cc(-c4ccc(C(=O)O)cc4)ccc3-c3cccc(O)c3)ccc21. The summed E-state index contributed by atoms with van der Waals surface area (Å²) in [6, 6.07) is 27.6. The first-order chi connectivity index (χ1) is 17.0. The standard InChI is InChI=1S/C33H32O3/c1-32(2)16-17-33(3,4)30-20-25(13-15-29(30)32)28-19-23(21-8-10-22(11-9-21)31(35)36)12-14-27(28)24-6-5-7-26(34)18-24/h5-15,18-20,34H,16-17H2,1-4H3,(H,35,36). The maximum atomic E-state index is 11.3. The van der Waals surface area contributed by atoms with Crippen LogP contribution in [0.4, 0.5) is 0 Å². The first-order valence-corrected chi connectivity index (χ1v) is 12.5. The molecule has 0 saturated heterocycles. The summed E-state index contributed by atoms with van der Waals surface area (Å²) in [6.45, 7) is 9.34. The molecule has 0 spiro atoms. The summed E-state index contributed by atoms with van der Waals surface area (Å²) in [7, 11) is 0. The van der Waals surface area contributed by atoms with Gasteiger partial charge in [0.25, 0.3) is 0 Å². The molecule has 0 heterocycles. The molecule has 0 saturated carbocycles. The number of hydrogen-bond donors (Lipinski definition) is 2. The Hall–Kier alpha value is -3.85. The number of hydrogen-bond acceptors (Lipinski definition) is 2. The molecule has 0 radical (unpaired) electrons. The maximum Gasteiger partial charge on any atom is 0.335 e. The summed E-state index contributed by atoms with van der Waals surface area (Å²) in [5.74, 6) is -0.693. The lowest BCUT2D eigenvalue weighted by atomic mass is 9.63. The average Bonchev–Trinajstić information content (AvgIpc) is 2.86. The number of benzene rings is 4. The van der Waals surface area contributed by atoms with Gasteiger partial charge in [-0.2, -0.15) is 0 Å². The summed E-state index contributed by atoms with van der Waals surface area (Å²) < 4.78 is 0. The molecule has 4 aromatic carbocycles. The predicted octanol–water partition coefficient (Wildman–Crippen LogP) is 8.44. The van der Waals surface area contributed by atoms with E-state index in [1.165, 1.54) is 17.5 Å². The molecule has 0 atom stereocenters. The third kappa shape index (κ3) is 4.30. The molecule has 4 aromatic rings. The second-order valence-electron chi connectivity index (χ2n) is 11.2. The molecule has 5 rings (SSSR count). The lowest BCUT2D eigenvalue weighted by Gasteiger charge is -2.42. The Morgan fingerprint density at radius 3 is 1.92 bits per heavy atom. The van der Waals surface area contributed by atoms with Crippen LogP contribution in [-0.2, 0) is 10.8 Å². The molecular weight excluding hydrogens is 444 g/mol.